The zero-order chi connectivity index (χ0) is 18.0. The molecule has 0 aliphatic carbocycles. The van der Waals surface area contributed by atoms with Gasteiger partial charge in [-0.2, -0.15) is 5.10 Å². The van der Waals surface area contributed by atoms with Gasteiger partial charge >= 0.3 is 5.97 Å². The molecule has 7 nitrogen and oxygen atoms in total. The van der Waals surface area contributed by atoms with Crippen molar-refractivity contribution < 1.29 is 14.3 Å². The predicted molar refractivity (Wildman–Crippen MR) is 91.8 cm³/mol. The summed E-state index contributed by atoms with van der Waals surface area (Å²) in [6, 6.07) is 5.09. The number of benzene rings is 1. The second-order valence-corrected chi connectivity index (χ2v) is 5.74. The first kappa shape index (κ1) is 17.5. The van der Waals surface area contributed by atoms with Crippen molar-refractivity contribution in [2.45, 2.75) is 33.8 Å². The summed E-state index contributed by atoms with van der Waals surface area (Å²) < 4.78 is 6.91. The standard InChI is InChI=1S/C17H22N4O3/c1-9-7-6-8-13(14(9)18)17(23)24-12(4)16(22)19-15-10(2)20-21(5)11(15)3/h6-8,12H,18H2,1-5H3,(H,19,22). The van der Waals surface area contributed by atoms with Crippen LogP contribution in [0.2, 0.25) is 0 Å². The summed E-state index contributed by atoms with van der Waals surface area (Å²) in [5.74, 6) is -1.05. The van der Waals surface area contributed by atoms with Crippen LogP contribution in [-0.2, 0) is 16.6 Å². The second-order valence-electron chi connectivity index (χ2n) is 5.74. The molecule has 1 aromatic heterocycles. The Morgan fingerprint density at radius 2 is 1.96 bits per heavy atom. The molecule has 1 unspecified atom stereocenters. The maximum atomic E-state index is 12.3. The van der Waals surface area contributed by atoms with E-state index in [-0.39, 0.29) is 5.56 Å². The molecule has 0 spiro atoms. The topological polar surface area (TPSA) is 99.2 Å². The van der Waals surface area contributed by atoms with Crippen LogP contribution in [0.5, 0.6) is 0 Å². The zero-order valence-corrected chi connectivity index (χ0v) is 14.5. The number of nitrogens with one attached hydrogen (secondary N) is 1. The third-order valence-corrected chi connectivity index (χ3v) is 3.95. The van der Waals surface area contributed by atoms with Gasteiger partial charge in [-0.05, 0) is 39.3 Å². The molecule has 1 amide bonds. The molecule has 0 saturated heterocycles. The molecular weight excluding hydrogens is 308 g/mol. The highest BCUT2D eigenvalue weighted by atomic mass is 16.5. The average molecular weight is 330 g/mol. The van der Waals surface area contributed by atoms with Crippen molar-refractivity contribution in [1.29, 1.82) is 0 Å². The number of hydrogen-bond acceptors (Lipinski definition) is 5. The molecule has 0 radical (unpaired) electrons. The fourth-order valence-electron chi connectivity index (χ4n) is 2.32. The number of amides is 1. The predicted octanol–water partition coefficient (Wildman–Crippen LogP) is 2.11. The van der Waals surface area contributed by atoms with E-state index < -0.39 is 18.0 Å². The molecule has 3 N–H and O–H groups in total. The Kier molecular flexibility index (Phi) is 4.92. The van der Waals surface area contributed by atoms with Crippen molar-refractivity contribution in [1.82, 2.24) is 9.78 Å². The van der Waals surface area contributed by atoms with Gasteiger partial charge in [-0.15, -0.1) is 0 Å². The van der Waals surface area contributed by atoms with Crippen LogP contribution in [-0.4, -0.2) is 27.8 Å². The number of para-hydroxylation sites is 1. The van der Waals surface area contributed by atoms with Crippen LogP contribution in [0.3, 0.4) is 0 Å². The number of nitrogen functional groups attached to an aromatic ring is 1. The van der Waals surface area contributed by atoms with Gasteiger partial charge in [0, 0.05) is 12.7 Å². The van der Waals surface area contributed by atoms with E-state index in [9.17, 15) is 9.59 Å². The normalized spacial score (nSPS) is 11.9. The Bertz CT molecular complexity index is 795. The van der Waals surface area contributed by atoms with E-state index in [1.54, 1.807) is 43.8 Å². The number of esters is 1. The van der Waals surface area contributed by atoms with Crippen molar-refractivity contribution in [3.63, 3.8) is 0 Å². The lowest BCUT2D eigenvalue weighted by molar-refractivity contribution is -0.123. The van der Waals surface area contributed by atoms with Crippen LogP contribution >= 0.6 is 0 Å². The van der Waals surface area contributed by atoms with E-state index in [0.717, 1.165) is 11.3 Å². The van der Waals surface area contributed by atoms with Crippen LogP contribution in [0.15, 0.2) is 18.2 Å². The smallest absolute Gasteiger partial charge is 0.341 e. The van der Waals surface area contributed by atoms with Crippen LogP contribution in [0, 0.1) is 20.8 Å². The third-order valence-electron chi connectivity index (χ3n) is 3.95. The molecule has 24 heavy (non-hydrogen) atoms. The average Bonchev–Trinajstić information content (AvgIpc) is 2.76. The SMILES string of the molecule is Cc1cccc(C(=O)OC(C)C(=O)Nc2c(C)nn(C)c2C)c1N. The molecule has 0 aliphatic rings. The lowest BCUT2D eigenvalue weighted by atomic mass is 10.1. The molecule has 0 fully saturated rings. The highest BCUT2D eigenvalue weighted by Crippen LogP contribution is 2.20. The Balaban J connectivity index is 2.09. The molecule has 128 valence electrons. The molecule has 2 rings (SSSR count). The summed E-state index contributed by atoms with van der Waals surface area (Å²) >= 11 is 0. The van der Waals surface area contributed by atoms with Gasteiger partial charge in [0.05, 0.1) is 22.6 Å². The van der Waals surface area contributed by atoms with Crippen molar-refractivity contribution >= 4 is 23.3 Å². The van der Waals surface area contributed by atoms with Crippen molar-refractivity contribution in [2.24, 2.45) is 7.05 Å². The number of rotatable bonds is 4. The van der Waals surface area contributed by atoms with Crippen LogP contribution in [0.1, 0.15) is 34.2 Å². The van der Waals surface area contributed by atoms with Crippen molar-refractivity contribution in [3.05, 3.63) is 40.7 Å². The number of aromatic nitrogens is 2. The minimum Gasteiger partial charge on any atom is -0.449 e. The first-order valence-corrected chi connectivity index (χ1v) is 7.59. The van der Waals surface area contributed by atoms with Gasteiger partial charge in [-0.25, -0.2) is 4.79 Å². The van der Waals surface area contributed by atoms with Crippen molar-refractivity contribution in [2.75, 3.05) is 11.1 Å². The maximum Gasteiger partial charge on any atom is 0.341 e. The largest absolute Gasteiger partial charge is 0.449 e. The lowest BCUT2D eigenvalue weighted by Gasteiger charge is -2.15. The molecule has 0 aliphatic heterocycles. The van der Waals surface area contributed by atoms with E-state index in [2.05, 4.69) is 10.4 Å². The van der Waals surface area contributed by atoms with Gasteiger partial charge in [-0.3, -0.25) is 9.48 Å². The number of aryl methyl sites for hydroxylation is 3. The summed E-state index contributed by atoms with van der Waals surface area (Å²) in [4.78, 5) is 24.5. The summed E-state index contributed by atoms with van der Waals surface area (Å²) in [6.07, 6.45) is -0.962. The first-order chi connectivity index (χ1) is 11.2. The molecule has 0 saturated carbocycles. The number of nitrogens with zero attached hydrogens (tertiary/aromatic N) is 2. The minimum absolute atomic E-state index is 0.253. The van der Waals surface area contributed by atoms with Crippen LogP contribution in [0.25, 0.3) is 0 Å². The molecule has 1 aromatic carbocycles. The van der Waals surface area contributed by atoms with Gasteiger partial charge < -0.3 is 15.8 Å². The maximum absolute atomic E-state index is 12.3. The number of nitrogens with two attached hydrogens (primary N) is 1. The monoisotopic (exact) mass is 330 g/mol. The van der Waals surface area contributed by atoms with Gasteiger partial charge in [-0.1, -0.05) is 12.1 Å². The summed E-state index contributed by atoms with van der Waals surface area (Å²) in [7, 11) is 1.79. The van der Waals surface area contributed by atoms with E-state index in [0.29, 0.717) is 17.1 Å². The van der Waals surface area contributed by atoms with E-state index in [4.69, 9.17) is 10.5 Å². The van der Waals surface area contributed by atoms with E-state index >= 15 is 0 Å². The number of hydrogen-bond donors (Lipinski definition) is 2. The van der Waals surface area contributed by atoms with Crippen LogP contribution in [0.4, 0.5) is 11.4 Å². The van der Waals surface area contributed by atoms with Gasteiger partial charge in [0.15, 0.2) is 6.10 Å². The molecular formula is C17H22N4O3. The molecule has 0 bridgehead atoms. The first-order valence-electron chi connectivity index (χ1n) is 7.59. The number of ether oxygens (including phenoxy) is 1. The third kappa shape index (κ3) is 3.40. The fourth-order valence-corrected chi connectivity index (χ4v) is 2.32. The summed E-state index contributed by atoms with van der Waals surface area (Å²) in [5.41, 5.74) is 9.42. The summed E-state index contributed by atoms with van der Waals surface area (Å²) in [6.45, 7) is 6.96. The number of carbonyl (C=O) groups excluding carboxylic acids is 2. The fraction of sp³-hybridized carbons (Fsp3) is 0.353. The van der Waals surface area contributed by atoms with E-state index in [1.807, 2.05) is 6.92 Å². The Morgan fingerprint density at radius 1 is 1.29 bits per heavy atom. The Morgan fingerprint density at radius 3 is 2.54 bits per heavy atom. The highest BCUT2D eigenvalue weighted by Gasteiger charge is 2.22. The second kappa shape index (κ2) is 6.74. The van der Waals surface area contributed by atoms with Gasteiger partial charge in [0.25, 0.3) is 5.91 Å². The highest BCUT2D eigenvalue weighted by molar-refractivity contribution is 6.00. The Hall–Kier alpha value is -2.83. The Labute approximate surface area is 140 Å². The molecule has 7 heteroatoms. The van der Waals surface area contributed by atoms with E-state index in [1.165, 1.54) is 6.92 Å². The molecule has 2 aromatic rings. The minimum atomic E-state index is -0.962. The lowest BCUT2D eigenvalue weighted by Crippen LogP contribution is -2.30. The van der Waals surface area contributed by atoms with Gasteiger partial charge in [0.1, 0.15) is 0 Å². The summed E-state index contributed by atoms with van der Waals surface area (Å²) in [5, 5.41) is 6.98. The number of anilines is 2. The molecule has 1 heterocycles. The number of carbonyl (C=O) groups is 2. The quantitative estimate of drug-likeness (QED) is 0.661. The van der Waals surface area contributed by atoms with Gasteiger partial charge in [0.2, 0.25) is 0 Å². The molecule has 1 atom stereocenters. The van der Waals surface area contributed by atoms with Crippen LogP contribution < -0.4 is 11.1 Å². The zero-order valence-electron chi connectivity index (χ0n) is 14.5. The van der Waals surface area contributed by atoms with Crippen molar-refractivity contribution in [3.8, 4) is 0 Å².